The highest BCUT2D eigenvalue weighted by atomic mass is 35.5. The molecule has 11 nitrogen and oxygen atoms in total. The number of hydrogen-bond donors (Lipinski definition) is 2. The standard InChI is InChI=1S/C32H29ClF2N6O5/c1-46-20-11-14-39(15-12-20)26-4-2-3-22-21(26)13-16-40(28(22)30(42)36-19-7-5-18(6-8-19)32(44)45)31(43)25-17-41(38-37-25)29-24(34)10-9-23(33)27(29)35/h2-10,17,20,28H,11-16H2,1H3,(H,36,42)(H,44,45). The van der Waals surface area contributed by atoms with Crippen LogP contribution in [0.25, 0.3) is 5.69 Å². The highest BCUT2D eigenvalue weighted by Crippen LogP contribution is 2.38. The molecular formula is C32H29ClF2N6O5. The van der Waals surface area contributed by atoms with Crippen LogP contribution in [0.15, 0.2) is 60.8 Å². The molecular weight excluding hydrogens is 622 g/mol. The first-order valence-corrected chi connectivity index (χ1v) is 14.9. The Bertz CT molecular complexity index is 1810. The fourth-order valence-electron chi connectivity index (χ4n) is 6.03. The zero-order chi connectivity index (χ0) is 32.5. The Morgan fingerprint density at radius 1 is 1.02 bits per heavy atom. The number of carboxylic acids is 1. The zero-order valence-electron chi connectivity index (χ0n) is 24.6. The minimum atomic E-state index is -1.11. The van der Waals surface area contributed by atoms with Crippen molar-refractivity contribution in [3.63, 3.8) is 0 Å². The number of piperidine rings is 1. The highest BCUT2D eigenvalue weighted by molar-refractivity contribution is 6.30. The average molecular weight is 651 g/mol. The molecule has 2 aliphatic rings. The number of aromatic carboxylic acids is 1. The minimum Gasteiger partial charge on any atom is -0.478 e. The lowest BCUT2D eigenvalue weighted by Gasteiger charge is -2.40. The number of rotatable bonds is 7. The summed E-state index contributed by atoms with van der Waals surface area (Å²) in [5.74, 6) is -4.33. The number of carbonyl (C=O) groups excluding carboxylic acids is 2. The summed E-state index contributed by atoms with van der Waals surface area (Å²) in [7, 11) is 1.70. The molecule has 0 aliphatic carbocycles. The van der Waals surface area contributed by atoms with Gasteiger partial charge in [-0.05, 0) is 72.9 Å². The van der Waals surface area contributed by atoms with E-state index in [2.05, 4.69) is 20.5 Å². The first-order valence-electron chi connectivity index (χ1n) is 14.6. The van der Waals surface area contributed by atoms with Crippen molar-refractivity contribution in [1.29, 1.82) is 0 Å². The van der Waals surface area contributed by atoms with Gasteiger partial charge < -0.3 is 25.0 Å². The zero-order valence-corrected chi connectivity index (χ0v) is 25.4. The van der Waals surface area contributed by atoms with Gasteiger partial charge in [-0.3, -0.25) is 9.59 Å². The Labute approximate surface area is 267 Å². The fraction of sp³-hybridized carbons (Fsp3) is 0.281. The molecule has 2 amide bonds. The molecule has 3 heterocycles. The molecule has 2 N–H and O–H groups in total. The molecule has 46 heavy (non-hydrogen) atoms. The van der Waals surface area contributed by atoms with Crippen molar-refractivity contribution in [2.75, 3.05) is 37.0 Å². The van der Waals surface area contributed by atoms with Gasteiger partial charge in [0.1, 0.15) is 11.7 Å². The smallest absolute Gasteiger partial charge is 0.335 e. The molecule has 14 heteroatoms. The second-order valence-corrected chi connectivity index (χ2v) is 11.4. The van der Waals surface area contributed by atoms with E-state index in [1.807, 2.05) is 12.1 Å². The first-order chi connectivity index (χ1) is 22.2. The lowest BCUT2D eigenvalue weighted by Crippen LogP contribution is -2.46. The van der Waals surface area contributed by atoms with E-state index in [0.29, 0.717) is 17.7 Å². The van der Waals surface area contributed by atoms with Crippen molar-refractivity contribution < 1.29 is 33.0 Å². The van der Waals surface area contributed by atoms with E-state index in [1.165, 1.54) is 29.2 Å². The van der Waals surface area contributed by atoms with Crippen molar-refractivity contribution in [2.24, 2.45) is 0 Å². The number of nitrogens with one attached hydrogen (secondary N) is 1. The highest BCUT2D eigenvalue weighted by Gasteiger charge is 2.39. The van der Waals surface area contributed by atoms with E-state index in [-0.39, 0.29) is 28.9 Å². The first kappa shape index (κ1) is 31.1. The van der Waals surface area contributed by atoms with Crippen LogP contribution in [-0.4, -0.2) is 75.6 Å². The van der Waals surface area contributed by atoms with Crippen LogP contribution in [0.3, 0.4) is 0 Å². The molecule has 1 unspecified atom stereocenters. The number of carboxylic acid groups (broad SMARTS) is 1. The largest absolute Gasteiger partial charge is 0.478 e. The van der Waals surface area contributed by atoms with Gasteiger partial charge in [0.15, 0.2) is 17.3 Å². The van der Waals surface area contributed by atoms with E-state index >= 15 is 0 Å². The molecule has 0 saturated carbocycles. The number of hydrogen-bond acceptors (Lipinski definition) is 7. The number of carbonyl (C=O) groups is 3. The maximum Gasteiger partial charge on any atom is 0.335 e. The third-order valence-electron chi connectivity index (χ3n) is 8.38. The van der Waals surface area contributed by atoms with Gasteiger partial charge in [0.05, 0.1) is 22.9 Å². The predicted octanol–water partition coefficient (Wildman–Crippen LogP) is 4.89. The fourth-order valence-corrected chi connectivity index (χ4v) is 6.18. The molecule has 1 atom stereocenters. The van der Waals surface area contributed by atoms with Crippen molar-refractivity contribution in [3.05, 3.63) is 99.8 Å². The SMILES string of the molecule is COC1CCN(c2cccc3c2CCN(C(=O)c2cn(-c4c(F)ccc(Cl)c4F)nn2)C3C(=O)Nc2ccc(C(=O)O)cc2)CC1. The second-order valence-electron chi connectivity index (χ2n) is 11.0. The normalized spacial score (nSPS) is 16.7. The minimum absolute atomic E-state index is 0.0513. The quantitative estimate of drug-likeness (QED) is 0.271. The molecule has 3 aromatic carbocycles. The van der Waals surface area contributed by atoms with Gasteiger partial charge >= 0.3 is 5.97 Å². The van der Waals surface area contributed by atoms with Crippen LogP contribution in [-0.2, 0) is 16.0 Å². The lowest BCUT2D eigenvalue weighted by atomic mass is 9.89. The number of benzene rings is 3. The van der Waals surface area contributed by atoms with E-state index in [4.69, 9.17) is 16.3 Å². The van der Waals surface area contributed by atoms with Crippen LogP contribution in [0.1, 0.15) is 50.9 Å². The number of methoxy groups -OCH3 is 1. The van der Waals surface area contributed by atoms with Crippen molar-refractivity contribution in [2.45, 2.75) is 31.4 Å². The molecule has 1 fully saturated rings. The molecule has 6 rings (SSSR count). The van der Waals surface area contributed by atoms with Crippen molar-refractivity contribution in [3.8, 4) is 5.69 Å². The summed E-state index contributed by atoms with van der Waals surface area (Å²) in [6.45, 7) is 1.68. The maximum absolute atomic E-state index is 14.7. The number of aromatic nitrogens is 3. The molecule has 1 saturated heterocycles. The topological polar surface area (TPSA) is 130 Å². The van der Waals surface area contributed by atoms with Crippen LogP contribution in [0.5, 0.6) is 0 Å². The number of halogens is 3. The number of ether oxygens (including phenoxy) is 1. The Kier molecular flexibility index (Phi) is 8.69. The summed E-state index contributed by atoms with van der Waals surface area (Å²) in [5, 5.41) is 19.4. The van der Waals surface area contributed by atoms with E-state index in [1.54, 1.807) is 13.2 Å². The van der Waals surface area contributed by atoms with Crippen molar-refractivity contribution >= 4 is 40.8 Å². The molecule has 0 radical (unpaired) electrons. The molecule has 2 aliphatic heterocycles. The lowest BCUT2D eigenvalue weighted by molar-refractivity contribution is -0.121. The monoisotopic (exact) mass is 650 g/mol. The summed E-state index contributed by atoms with van der Waals surface area (Å²) in [6.07, 6.45) is 3.41. The third kappa shape index (κ3) is 5.90. The van der Waals surface area contributed by atoms with Gasteiger partial charge in [0.2, 0.25) is 0 Å². The Morgan fingerprint density at radius 3 is 2.46 bits per heavy atom. The van der Waals surface area contributed by atoms with Crippen LogP contribution in [0.4, 0.5) is 20.2 Å². The van der Waals surface area contributed by atoms with E-state index in [0.717, 1.165) is 60.2 Å². The predicted molar refractivity (Wildman–Crippen MR) is 164 cm³/mol. The van der Waals surface area contributed by atoms with Gasteiger partial charge in [-0.15, -0.1) is 5.10 Å². The van der Waals surface area contributed by atoms with Gasteiger partial charge in [-0.2, -0.15) is 0 Å². The van der Waals surface area contributed by atoms with Crippen LogP contribution < -0.4 is 10.2 Å². The second kappa shape index (κ2) is 12.9. The van der Waals surface area contributed by atoms with Gasteiger partial charge in [-0.25, -0.2) is 18.3 Å². The summed E-state index contributed by atoms with van der Waals surface area (Å²) in [6, 6.07) is 12.2. The third-order valence-corrected chi connectivity index (χ3v) is 8.67. The number of nitrogens with zero attached hydrogens (tertiary/aromatic N) is 5. The summed E-state index contributed by atoms with van der Waals surface area (Å²) in [4.78, 5) is 42.9. The average Bonchev–Trinajstić information content (AvgIpc) is 3.55. The van der Waals surface area contributed by atoms with E-state index in [9.17, 15) is 28.3 Å². The Balaban J connectivity index is 1.35. The number of amides is 2. The van der Waals surface area contributed by atoms with Gasteiger partial charge in [0.25, 0.3) is 11.8 Å². The van der Waals surface area contributed by atoms with Crippen LogP contribution in [0, 0.1) is 11.6 Å². The van der Waals surface area contributed by atoms with Crippen LogP contribution in [0.2, 0.25) is 5.02 Å². The molecule has 0 spiro atoms. The molecule has 4 aromatic rings. The maximum atomic E-state index is 14.7. The van der Waals surface area contributed by atoms with Crippen molar-refractivity contribution in [1.82, 2.24) is 19.9 Å². The Morgan fingerprint density at radius 2 is 1.76 bits per heavy atom. The van der Waals surface area contributed by atoms with Gasteiger partial charge in [-0.1, -0.05) is 28.9 Å². The van der Waals surface area contributed by atoms with Gasteiger partial charge in [0, 0.05) is 38.1 Å². The molecule has 1 aromatic heterocycles. The Hall–Kier alpha value is -4.88. The summed E-state index contributed by atoms with van der Waals surface area (Å²) in [5.41, 5.74) is 2.08. The summed E-state index contributed by atoms with van der Waals surface area (Å²) >= 11 is 5.84. The summed E-state index contributed by atoms with van der Waals surface area (Å²) < 4.78 is 35.6. The number of fused-ring (bicyclic) bond motifs is 1. The molecule has 0 bridgehead atoms. The number of anilines is 2. The van der Waals surface area contributed by atoms with Crippen LogP contribution >= 0.6 is 11.6 Å². The van der Waals surface area contributed by atoms with E-state index < -0.39 is 41.1 Å². The molecule has 238 valence electrons.